The Balaban J connectivity index is 1.78. The summed E-state index contributed by atoms with van der Waals surface area (Å²) < 4.78 is 24.4. The van der Waals surface area contributed by atoms with Crippen LogP contribution >= 0.6 is 23.5 Å². The Labute approximate surface area is 137 Å². The third kappa shape index (κ3) is 2.17. The maximum atomic E-state index is 13.6. The summed E-state index contributed by atoms with van der Waals surface area (Å²) in [6, 6.07) is 6.21. The molecule has 1 saturated heterocycles. The summed E-state index contributed by atoms with van der Waals surface area (Å²) in [5.74, 6) is 0. The summed E-state index contributed by atoms with van der Waals surface area (Å²) in [5.41, 5.74) is 2.35. The third-order valence-corrected chi connectivity index (χ3v) is 7.12. The highest BCUT2D eigenvalue weighted by Gasteiger charge is 2.47. The van der Waals surface area contributed by atoms with Crippen molar-refractivity contribution in [2.75, 3.05) is 13.6 Å². The Morgan fingerprint density at radius 3 is 2.82 bits per heavy atom. The quantitative estimate of drug-likeness (QED) is 0.718. The van der Waals surface area contributed by atoms with Gasteiger partial charge in [0.25, 0.3) is 0 Å². The van der Waals surface area contributed by atoms with E-state index < -0.39 is 4.59 Å². The number of alkyl halides is 2. The highest BCUT2D eigenvalue weighted by molar-refractivity contribution is 8.20. The van der Waals surface area contributed by atoms with E-state index in [0.717, 1.165) is 23.4 Å². The molecule has 5 heteroatoms. The van der Waals surface area contributed by atoms with Gasteiger partial charge < -0.3 is 0 Å². The van der Waals surface area contributed by atoms with Crippen LogP contribution in [0, 0.1) is 0 Å². The molecule has 3 aliphatic rings. The summed E-state index contributed by atoms with van der Waals surface area (Å²) in [4.78, 5) is 3.77. The van der Waals surface area contributed by atoms with Crippen molar-refractivity contribution in [3.8, 4) is 0 Å². The standard InChI is InChI=1S/C17H17F2NS2/c1-11-5-6-16(7-8-20(2)15(16)9-11)12-3-4-13-14(10-12)22-17(18,19)21-13/h3-6,9-10,15H,7-8H2,1-2H3/t15-,16-/m0/s1. The Morgan fingerprint density at radius 2 is 2.00 bits per heavy atom. The van der Waals surface area contributed by atoms with E-state index in [2.05, 4.69) is 37.1 Å². The molecule has 1 aromatic carbocycles. The molecule has 4 rings (SSSR count). The van der Waals surface area contributed by atoms with Gasteiger partial charge in [0.15, 0.2) is 0 Å². The van der Waals surface area contributed by atoms with Crippen LogP contribution in [0.25, 0.3) is 0 Å². The maximum absolute atomic E-state index is 13.6. The second kappa shape index (κ2) is 4.86. The van der Waals surface area contributed by atoms with Gasteiger partial charge >= 0.3 is 4.59 Å². The number of thioether (sulfide) groups is 2. The number of rotatable bonds is 1. The summed E-state index contributed by atoms with van der Waals surface area (Å²) >= 11 is 1.34. The Hall–Kier alpha value is -0.780. The summed E-state index contributed by atoms with van der Waals surface area (Å²) in [5, 5.41) is 0. The topological polar surface area (TPSA) is 3.24 Å². The van der Waals surface area contributed by atoms with E-state index in [4.69, 9.17) is 0 Å². The average molecular weight is 337 g/mol. The van der Waals surface area contributed by atoms with E-state index in [-0.39, 0.29) is 5.41 Å². The Kier molecular flexibility index (Phi) is 3.26. The fourth-order valence-corrected chi connectivity index (χ4v) is 5.85. The van der Waals surface area contributed by atoms with Gasteiger partial charge in [0.2, 0.25) is 0 Å². The Morgan fingerprint density at radius 1 is 1.23 bits per heavy atom. The van der Waals surface area contributed by atoms with Crippen molar-refractivity contribution >= 4 is 23.5 Å². The van der Waals surface area contributed by atoms with Crippen molar-refractivity contribution in [2.24, 2.45) is 0 Å². The largest absolute Gasteiger partial charge is 0.350 e. The van der Waals surface area contributed by atoms with Gasteiger partial charge in [0.05, 0.1) is 0 Å². The molecule has 0 N–H and O–H groups in total. The normalized spacial score (nSPS) is 32.7. The number of likely N-dealkylation sites (N-methyl/N-ethyl adjacent to an activating group) is 1. The van der Waals surface area contributed by atoms with E-state index in [9.17, 15) is 8.78 Å². The van der Waals surface area contributed by atoms with Gasteiger partial charge in [-0.15, -0.1) is 0 Å². The molecule has 1 aliphatic carbocycles. The smallest absolute Gasteiger partial charge is 0.299 e. The van der Waals surface area contributed by atoms with Crippen LogP contribution in [0.5, 0.6) is 0 Å². The fraction of sp³-hybridized carbons (Fsp3) is 0.412. The number of nitrogens with zero attached hydrogens (tertiary/aromatic N) is 1. The van der Waals surface area contributed by atoms with Crippen LogP contribution in [0.4, 0.5) is 8.78 Å². The van der Waals surface area contributed by atoms with Crippen molar-refractivity contribution in [1.82, 2.24) is 4.90 Å². The molecule has 116 valence electrons. The minimum absolute atomic E-state index is 0.0770. The first-order valence-electron chi connectivity index (χ1n) is 7.38. The zero-order chi connectivity index (χ0) is 15.5. The van der Waals surface area contributed by atoms with Crippen molar-refractivity contribution in [2.45, 2.75) is 39.2 Å². The van der Waals surface area contributed by atoms with Gasteiger partial charge in [-0.25, -0.2) is 0 Å². The minimum Gasteiger partial charge on any atom is -0.299 e. The summed E-state index contributed by atoms with van der Waals surface area (Å²) in [6.45, 7) is 3.14. The summed E-state index contributed by atoms with van der Waals surface area (Å²) in [6.07, 6.45) is 7.78. The molecular formula is C17H17F2NS2. The first kappa shape index (κ1) is 14.8. The summed E-state index contributed by atoms with van der Waals surface area (Å²) in [7, 11) is 2.14. The maximum Gasteiger partial charge on any atom is 0.350 e. The van der Waals surface area contributed by atoms with Crippen LogP contribution in [0.3, 0.4) is 0 Å². The van der Waals surface area contributed by atoms with Gasteiger partial charge in [-0.05, 0) is 68.2 Å². The molecular weight excluding hydrogens is 320 g/mol. The van der Waals surface area contributed by atoms with E-state index in [1.807, 2.05) is 18.2 Å². The predicted molar refractivity (Wildman–Crippen MR) is 88.7 cm³/mol. The number of allylic oxidation sites excluding steroid dienone is 2. The van der Waals surface area contributed by atoms with E-state index in [0.29, 0.717) is 34.5 Å². The number of fused-ring (bicyclic) bond motifs is 2. The van der Waals surface area contributed by atoms with E-state index in [1.54, 1.807) is 0 Å². The van der Waals surface area contributed by atoms with E-state index >= 15 is 0 Å². The number of likely N-dealkylation sites (tertiary alicyclic amines) is 1. The molecule has 2 aliphatic heterocycles. The highest BCUT2D eigenvalue weighted by Crippen LogP contribution is 2.58. The van der Waals surface area contributed by atoms with Gasteiger partial charge in [0.1, 0.15) is 0 Å². The second-order valence-electron chi connectivity index (χ2n) is 6.29. The lowest BCUT2D eigenvalue weighted by molar-refractivity contribution is 0.214. The third-order valence-electron chi connectivity index (χ3n) is 4.88. The zero-order valence-corrected chi connectivity index (χ0v) is 14.1. The second-order valence-corrected chi connectivity index (χ2v) is 8.86. The van der Waals surface area contributed by atoms with Gasteiger partial charge in [0, 0.05) is 21.2 Å². The lowest BCUT2D eigenvalue weighted by atomic mass is 9.71. The average Bonchev–Trinajstić information content (AvgIpc) is 2.95. The first-order chi connectivity index (χ1) is 10.4. The van der Waals surface area contributed by atoms with Crippen LogP contribution in [-0.2, 0) is 5.41 Å². The van der Waals surface area contributed by atoms with Crippen molar-refractivity contribution in [3.05, 3.63) is 47.6 Å². The molecule has 0 spiro atoms. The predicted octanol–water partition coefficient (Wildman–Crippen LogP) is 4.89. The highest BCUT2D eigenvalue weighted by atomic mass is 32.2. The molecule has 1 nitrogen and oxygen atoms in total. The van der Waals surface area contributed by atoms with Crippen molar-refractivity contribution in [3.63, 3.8) is 0 Å². The van der Waals surface area contributed by atoms with Crippen molar-refractivity contribution < 1.29 is 8.78 Å². The molecule has 0 radical (unpaired) electrons. The van der Waals surface area contributed by atoms with E-state index in [1.165, 1.54) is 5.57 Å². The SMILES string of the molecule is CC1=C[C@@H]2N(C)CC[C@]2(c2ccc3c(c2)SC(F)(F)S3)C=C1. The Bertz CT molecular complexity index is 698. The molecule has 0 bridgehead atoms. The molecule has 1 fully saturated rings. The molecule has 0 unspecified atom stereocenters. The lowest BCUT2D eigenvalue weighted by Crippen LogP contribution is -2.39. The molecule has 0 aromatic heterocycles. The molecule has 2 atom stereocenters. The monoisotopic (exact) mass is 337 g/mol. The fourth-order valence-electron chi connectivity index (χ4n) is 3.73. The lowest BCUT2D eigenvalue weighted by Gasteiger charge is -2.36. The number of halogens is 2. The zero-order valence-electron chi connectivity index (χ0n) is 12.5. The van der Waals surface area contributed by atoms with Gasteiger partial charge in [-0.3, -0.25) is 4.90 Å². The number of hydrogen-bond acceptors (Lipinski definition) is 3. The van der Waals surface area contributed by atoms with Gasteiger partial charge in [-0.1, -0.05) is 29.9 Å². The van der Waals surface area contributed by atoms with Crippen LogP contribution < -0.4 is 0 Å². The van der Waals surface area contributed by atoms with Crippen LogP contribution in [0.2, 0.25) is 0 Å². The molecule has 0 saturated carbocycles. The first-order valence-corrected chi connectivity index (χ1v) is 9.01. The molecule has 2 heterocycles. The molecule has 0 amide bonds. The number of benzene rings is 1. The number of hydrogen-bond donors (Lipinski definition) is 0. The van der Waals surface area contributed by atoms with Crippen LogP contribution in [-0.4, -0.2) is 29.1 Å². The van der Waals surface area contributed by atoms with Crippen molar-refractivity contribution in [1.29, 1.82) is 0 Å². The van der Waals surface area contributed by atoms with Gasteiger partial charge in [-0.2, -0.15) is 8.78 Å². The van der Waals surface area contributed by atoms with Crippen LogP contribution in [0.1, 0.15) is 18.9 Å². The minimum atomic E-state index is -2.73. The molecule has 22 heavy (non-hydrogen) atoms. The van der Waals surface area contributed by atoms with Crippen LogP contribution in [0.15, 0.2) is 51.8 Å². The molecule has 1 aromatic rings.